The van der Waals surface area contributed by atoms with Crippen molar-refractivity contribution in [3.8, 4) is 0 Å². The van der Waals surface area contributed by atoms with Crippen LogP contribution in [0.2, 0.25) is 0 Å². The lowest BCUT2D eigenvalue weighted by Gasteiger charge is -2.42. The summed E-state index contributed by atoms with van der Waals surface area (Å²) in [5.74, 6) is 0. The first-order chi connectivity index (χ1) is 12.3. The fraction of sp³-hybridized carbons (Fsp3) is 0.143. The van der Waals surface area contributed by atoms with Gasteiger partial charge in [-0.05, 0) is 30.3 Å². The maximum Gasteiger partial charge on any atom is 0.0949 e. The molecule has 0 aromatic heterocycles. The molecule has 5 rings (SSSR count). The smallest absolute Gasteiger partial charge is 0.0949 e. The molecule has 2 aliphatic rings. The lowest BCUT2D eigenvalue weighted by atomic mass is 9.97. The third kappa shape index (κ3) is 2.56. The number of anilines is 2. The number of thioether (sulfide) groups is 1. The average molecular weight is 364 g/mol. The SMILES string of the molecule is OC1c2cccc3c2N(CC1Sc1ccccc1)c1ccccc1S3. The van der Waals surface area contributed by atoms with E-state index in [0.717, 1.165) is 12.1 Å². The summed E-state index contributed by atoms with van der Waals surface area (Å²) >= 11 is 3.56. The second-order valence-electron chi connectivity index (χ2n) is 6.29. The molecular formula is C21H17NOS2. The van der Waals surface area contributed by atoms with E-state index in [-0.39, 0.29) is 5.25 Å². The van der Waals surface area contributed by atoms with Gasteiger partial charge in [0.2, 0.25) is 0 Å². The molecule has 3 aromatic rings. The van der Waals surface area contributed by atoms with E-state index < -0.39 is 6.10 Å². The second kappa shape index (κ2) is 6.13. The van der Waals surface area contributed by atoms with Gasteiger partial charge in [0.15, 0.2) is 0 Å². The number of rotatable bonds is 2. The molecule has 0 bridgehead atoms. The van der Waals surface area contributed by atoms with E-state index in [0.29, 0.717) is 0 Å². The van der Waals surface area contributed by atoms with Gasteiger partial charge in [-0.2, -0.15) is 0 Å². The maximum absolute atomic E-state index is 11.0. The summed E-state index contributed by atoms with van der Waals surface area (Å²) in [5.41, 5.74) is 3.47. The normalized spacial score (nSPS) is 20.8. The third-order valence-corrected chi connectivity index (χ3v) is 7.11. The Balaban J connectivity index is 1.60. The van der Waals surface area contributed by atoms with Crippen LogP contribution >= 0.6 is 23.5 Å². The van der Waals surface area contributed by atoms with Gasteiger partial charge in [-0.15, -0.1) is 11.8 Å². The largest absolute Gasteiger partial charge is 0.387 e. The van der Waals surface area contributed by atoms with Crippen molar-refractivity contribution in [1.29, 1.82) is 0 Å². The Kier molecular flexibility index (Phi) is 3.77. The fourth-order valence-corrected chi connectivity index (χ4v) is 5.90. The molecule has 25 heavy (non-hydrogen) atoms. The predicted molar refractivity (Wildman–Crippen MR) is 105 cm³/mol. The Morgan fingerprint density at radius 2 is 1.64 bits per heavy atom. The molecule has 0 fully saturated rings. The van der Waals surface area contributed by atoms with Gasteiger partial charge in [-0.3, -0.25) is 0 Å². The van der Waals surface area contributed by atoms with E-state index in [2.05, 4.69) is 71.6 Å². The maximum atomic E-state index is 11.0. The lowest BCUT2D eigenvalue weighted by Crippen LogP contribution is -2.38. The van der Waals surface area contributed by atoms with Gasteiger partial charge in [0, 0.05) is 26.8 Å². The number of hydrogen-bond donors (Lipinski definition) is 1. The lowest BCUT2D eigenvalue weighted by molar-refractivity contribution is 0.171. The molecule has 0 spiro atoms. The van der Waals surface area contributed by atoms with Crippen LogP contribution in [0.3, 0.4) is 0 Å². The molecule has 0 saturated carbocycles. The number of nitrogens with zero attached hydrogens (tertiary/aromatic N) is 1. The molecule has 2 unspecified atom stereocenters. The Labute approximate surface area is 155 Å². The summed E-state index contributed by atoms with van der Waals surface area (Å²) in [4.78, 5) is 6.11. The molecule has 2 heterocycles. The van der Waals surface area contributed by atoms with Crippen LogP contribution in [-0.4, -0.2) is 16.9 Å². The minimum absolute atomic E-state index is 0.0984. The Bertz CT molecular complexity index is 928. The number of aliphatic hydroxyl groups is 1. The van der Waals surface area contributed by atoms with Gasteiger partial charge in [0.1, 0.15) is 0 Å². The van der Waals surface area contributed by atoms with Crippen LogP contribution in [0.1, 0.15) is 11.7 Å². The first-order valence-corrected chi connectivity index (χ1v) is 10.1. The van der Waals surface area contributed by atoms with E-state index in [9.17, 15) is 5.11 Å². The first kappa shape index (κ1) is 15.4. The van der Waals surface area contributed by atoms with Gasteiger partial charge >= 0.3 is 0 Å². The quantitative estimate of drug-likeness (QED) is 0.650. The molecule has 1 N–H and O–H groups in total. The molecule has 124 valence electrons. The molecule has 0 aliphatic carbocycles. The molecule has 0 radical (unpaired) electrons. The number of para-hydroxylation sites is 2. The van der Waals surface area contributed by atoms with Crippen LogP contribution in [0.4, 0.5) is 11.4 Å². The fourth-order valence-electron chi connectivity index (χ4n) is 3.60. The van der Waals surface area contributed by atoms with Crippen LogP contribution in [-0.2, 0) is 0 Å². The van der Waals surface area contributed by atoms with Crippen molar-refractivity contribution in [1.82, 2.24) is 0 Å². The molecule has 0 saturated heterocycles. The van der Waals surface area contributed by atoms with Crippen molar-refractivity contribution in [3.05, 3.63) is 78.4 Å². The summed E-state index contributed by atoms with van der Waals surface area (Å²) in [7, 11) is 0. The first-order valence-electron chi connectivity index (χ1n) is 8.38. The van der Waals surface area contributed by atoms with Crippen molar-refractivity contribution < 1.29 is 5.11 Å². The van der Waals surface area contributed by atoms with Gasteiger partial charge in [0.05, 0.1) is 22.7 Å². The summed E-state index contributed by atoms with van der Waals surface area (Å²) in [6.07, 6.45) is -0.456. The van der Waals surface area contributed by atoms with Crippen molar-refractivity contribution in [2.75, 3.05) is 11.4 Å². The van der Waals surface area contributed by atoms with E-state index in [4.69, 9.17) is 0 Å². The zero-order valence-corrected chi connectivity index (χ0v) is 15.1. The number of benzene rings is 3. The zero-order chi connectivity index (χ0) is 16.8. The Hall–Kier alpha value is -1.88. The number of hydrogen-bond acceptors (Lipinski definition) is 4. The van der Waals surface area contributed by atoms with Crippen LogP contribution < -0.4 is 4.90 Å². The molecule has 0 amide bonds. The van der Waals surface area contributed by atoms with Crippen molar-refractivity contribution in [3.63, 3.8) is 0 Å². The summed E-state index contributed by atoms with van der Waals surface area (Å²) in [5, 5.41) is 11.1. The molecule has 2 aliphatic heterocycles. The Morgan fingerprint density at radius 3 is 2.52 bits per heavy atom. The van der Waals surface area contributed by atoms with Gasteiger partial charge < -0.3 is 10.0 Å². The minimum Gasteiger partial charge on any atom is -0.387 e. The molecule has 3 aromatic carbocycles. The topological polar surface area (TPSA) is 23.5 Å². The molecule has 2 nitrogen and oxygen atoms in total. The monoisotopic (exact) mass is 363 g/mol. The van der Waals surface area contributed by atoms with Gasteiger partial charge in [-0.1, -0.05) is 54.2 Å². The van der Waals surface area contributed by atoms with E-state index in [1.807, 2.05) is 6.07 Å². The highest BCUT2D eigenvalue weighted by molar-refractivity contribution is 8.00. The van der Waals surface area contributed by atoms with Crippen LogP contribution in [0.5, 0.6) is 0 Å². The third-order valence-electron chi connectivity index (χ3n) is 4.74. The number of aliphatic hydroxyl groups excluding tert-OH is 1. The highest BCUT2D eigenvalue weighted by Crippen LogP contribution is 2.54. The summed E-state index contributed by atoms with van der Waals surface area (Å²) < 4.78 is 0. The highest BCUT2D eigenvalue weighted by Gasteiger charge is 2.37. The predicted octanol–water partition coefficient (Wildman–Crippen LogP) is 5.50. The van der Waals surface area contributed by atoms with Crippen molar-refractivity contribution in [2.24, 2.45) is 0 Å². The average Bonchev–Trinajstić information content (AvgIpc) is 2.66. The Morgan fingerprint density at radius 1 is 0.880 bits per heavy atom. The summed E-state index contributed by atoms with van der Waals surface area (Å²) in [6, 6.07) is 25.2. The zero-order valence-electron chi connectivity index (χ0n) is 13.5. The van der Waals surface area contributed by atoms with E-state index in [1.54, 1.807) is 23.5 Å². The summed E-state index contributed by atoms with van der Waals surface area (Å²) in [6.45, 7) is 0.808. The standard InChI is InChI=1S/C21H17NOS2/c23-21-15-9-6-12-18-20(15)22(16-10-4-5-11-17(16)25-18)13-19(21)24-14-7-2-1-3-8-14/h1-12,19,21,23H,13H2. The van der Waals surface area contributed by atoms with Gasteiger partial charge in [0.25, 0.3) is 0 Å². The van der Waals surface area contributed by atoms with Crippen LogP contribution in [0.25, 0.3) is 0 Å². The van der Waals surface area contributed by atoms with Crippen LogP contribution in [0, 0.1) is 0 Å². The minimum atomic E-state index is -0.456. The van der Waals surface area contributed by atoms with Crippen LogP contribution in [0.15, 0.2) is 87.5 Å². The van der Waals surface area contributed by atoms with E-state index in [1.165, 1.54) is 26.1 Å². The van der Waals surface area contributed by atoms with E-state index >= 15 is 0 Å². The molecular weight excluding hydrogens is 346 g/mol. The highest BCUT2D eigenvalue weighted by atomic mass is 32.2. The number of fused-ring (bicyclic) bond motifs is 2. The van der Waals surface area contributed by atoms with Gasteiger partial charge in [-0.25, -0.2) is 0 Å². The van der Waals surface area contributed by atoms with Crippen molar-refractivity contribution >= 4 is 34.9 Å². The van der Waals surface area contributed by atoms with Crippen molar-refractivity contribution in [2.45, 2.75) is 26.0 Å². The molecule has 4 heteroatoms. The second-order valence-corrected chi connectivity index (χ2v) is 8.68. The molecule has 2 atom stereocenters.